The molecule has 1 aliphatic carbocycles. The Bertz CT molecular complexity index is 976. The average Bonchev–Trinajstić information content (AvgIpc) is 3.23. The highest BCUT2D eigenvalue weighted by atomic mass is 35.5. The summed E-state index contributed by atoms with van der Waals surface area (Å²) in [7, 11) is 0. The van der Waals surface area contributed by atoms with Gasteiger partial charge in [0.1, 0.15) is 5.58 Å². The maximum Gasteiger partial charge on any atom is 0.305 e. The predicted octanol–water partition coefficient (Wildman–Crippen LogP) is 4.10. The summed E-state index contributed by atoms with van der Waals surface area (Å²) in [4.78, 5) is 25.9. The van der Waals surface area contributed by atoms with Crippen LogP contribution in [-0.2, 0) is 12.8 Å². The lowest BCUT2D eigenvalue weighted by molar-refractivity contribution is 0.0832. The van der Waals surface area contributed by atoms with Gasteiger partial charge in [-0.15, -0.1) is 11.3 Å². The van der Waals surface area contributed by atoms with E-state index in [2.05, 4.69) is 10.9 Å². The monoisotopic (exact) mass is 374 g/mol. The number of furan rings is 1. The molecule has 4 rings (SSSR count). The standard InChI is InChI=1S/C18H15ClN2O3S/c19-11-5-6-14-10(7-11)8-15(24-14)18(23)21-20-17(22)13-9-25-16-4-2-1-3-12(13)16/h5-9H,1-4H2,(H,20,22)(H,21,23). The van der Waals surface area contributed by atoms with Gasteiger partial charge in [-0.05, 0) is 55.5 Å². The van der Waals surface area contributed by atoms with Gasteiger partial charge in [-0.3, -0.25) is 20.4 Å². The molecule has 0 spiro atoms. The number of fused-ring (bicyclic) bond motifs is 2. The topological polar surface area (TPSA) is 71.3 Å². The molecule has 2 aromatic heterocycles. The fraction of sp³-hybridized carbons (Fsp3) is 0.222. The Morgan fingerprint density at radius 2 is 1.88 bits per heavy atom. The van der Waals surface area contributed by atoms with Crippen LogP contribution in [0, 0.1) is 0 Å². The number of halogens is 1. The molecule has 25 heavy (non-hydrogen) atoms. The minimum Gasteiger partial charge on any atom is -0.451 e. The number of hydrogen-bond donors (Lipinski definition) is 2. The van der Waals surface area contributed by atoms with Crippen LogP contribution in [0.25, 0.3) is 11.0 Å². The summed E-state index contributed by atoms with van der Waals surface area (Å²) in [6.07, 6.45) is 4.21. The number of amides is 2. The molecular weight excluding hydrogens is 360 g/mol. The van der Waals surface area contributed by atoms with E-state index < -0.39 is 5.91 Å². The minimum atomic E-state index is -0.509. The summed E-state index contributed by atoms with van der Waals surface area (Å²) in [6, 6.07) is 6.70. The fourth-order valence-electron chi connectivity index (χ4n) is 3.05. The van der Waals surface area contributed by atoms with Crippen LogP contribution in [0.1, 0.15) is 44.2 Å². The van der Waals surface area contributed by atoms with Crippen molar-refractivity contribution in [1.29, 1.82) is 0 Å². The maximum atomic E-state index is 12.4. The highest BCUT2D eigenvalue weighted by Gasteiger charge is 2.21. The van der Waals surface area contributed by atoms with Crippen molar-refractivity contribution in [3.63, 3.8) is 0 Å². The van der Waals surface area contributed by atoms with Crippen LogP contribution in [0.2, 0.25) is 5.02 Å². The zero-order valence-electron chi connectivity index (χ0n) is 13.2. The number of nitrogens with one attached hydrogen (secondary N) is 2. The highest BCUT2D eigenvalue weighted by Crippen LogP contribution is 2.30. The van der Waals surface area contributed by atoms with Gasteiger partial charge in [-0.1, -0.05) is 11.6 Å². The first-order chi connectivity index (χ1) is 12.1. The number of thiophene rings is 1. The van der Waals surface area contributed by atoms with Gasteiger partial charge in [0, 0.05) is 20.7 Å². The molecule has 0 unspecified atom stereocenters. The Kier molecular flexibility index (Phi) is 4.23. The van der Waals surface area contributed by atoms with E-state index in [9.17, 15) is 9.59 Å². The molecule has 5 nitrogen and oxygen atoms in total. The summed E-state index contributed by atoms with van der Waals surface area (Å²) in [5, 5.41) is 3.16. The first-order valence-corrected chi connectivity index (χ1v) is 9.26. The Balaban J connectivity index is 1.45. The number of hydrazine groups is 1. The molecule has 0 aliphatic heterocycles. The summed E-state index contributed by atoms with van der Waals surface area (Å²) in [5.74, 6) is -0.693. The zero-order valence-corrected chi connectivity index (χ0v) is 14.8. The molecule has 0 radical (unpaired) electrons. The van der Waals surface area contributed by atoms with Crippen molar-refractivity contribution in [2.75, 3.05) is 0 Å². The van der Waals surface area contributed by atoms with E-state index in [1.807, 2.05) is 5.38 Å². The summed E-state index contributed by atoms with van der Waals surface area (Å²) in [5.41, 5.74) is 7.20. The molecule has 2 heterocycles. The lowest BCUT2D eigenvalue weighted by Gasteiger charge is -2.12. The molecule has 0 saturated heterocycles. The molecular formula is C18H15ClN2O3S. The Hall–Kier alpha value is -2.31. The van der Waals surface area contributed by atoms with Gasteiger partial charge in [-0.25, -0.2) is 0 Å². The third-order valence-electron chi connectivity index (χ3n) is 4.30. The molecule has 3 aromatic rings. The van der Waals surface area contributed by atoms with Crippen molar-refractivity contribution in [2.45, 2.75) is 25.7 Å². The Morgan fingerprint density at radius 1 is 1.08 bits per heavy atom. The van der Waals surface area contributed by atoms with E-state index in [1.165, 1.54) is 11.3 Å². The number of carbonyl (C=O) groups is 2. The van der Waals surface area contributed by atoms with Crippen LogP contribution in [0.3, 0.4) is 0 Å². The molecule has 7 heteroatoms. The quantitative estimate of drug-likeness (QED) is 0.663. The van der Waals surface area contributed by atoms with Crippen molar-refractivity contribution in [2.24, 2.45) is 0 Å². The lowest BCUT2D eigenvalue weighted by Crippen LogP contribution is -2.41. The van der Waals surface area contributed by atoms with Crippen molar-refractivity contribution < 1.29 is 14.0 Å². The van der Waals surface area contributed by atoms with Crippen molar-refractivity contribution in [3.8, 4) is 0 Å². The van der Waals surface area contributed by atoms with Crippen LogP contribution in [0.4, 0.5) is 0 Å². The smallest absolute Gasteiger partial charge is 0.305 e. The summed E-state index contributed by atoms with van der Waals surface area (Å²) in [6.45, 7) is 0. The average molecular weight is 375 g/mol. The number of benzene rings is 1. The summed E-state index contributed by atoms with van der Waals surface area (Å²) >= 11 is 7.54. The summed E-state index contributed by atoms with van der Waals surface area (Å²) < 4.78 is 5.48. The third-order valence-corrected chi connectivity index (χ3v) is 5.62. The predicted molar refractivity (Wildman–Crippen MR) is 97.1 cm³/mol. The number of aryl methyl sites for hydroxylation is 1. The highest BCUT2D eigenvalue weighted by molar-refractivity contribution is 7.10. The van der Waals surface area contributed by atoms with Gasteiger partial charge in [0.15, 0.2) is 5.76 Å². The van der Waals surface area contributed by atoms with Crippen molar-refractivity contribution in [3.05, 3.63) is 56.4 Å². The maximum absolute atomic E-state index is 12.4. The van der Waals surface area contributed by atoms with Crippen LogP contribution in [0.15, 0.2) is 34.1 Å². The largest absolute Gasteiger partial charge is 0.451 e. The second-order valence-corrected chi connectivity index (χ2v) is 7.36. The van der Waals surface area contributed by atoms with Crippen LogP contribution < -0.4 is 10.9 Å². The van der Waals surface area contributed by atoms with E-state index in [-0.39, 0.29) is 11.7 Å². The molecule has 2 N–H and O–H groups in total. The third kappa shape index (κ3) is 3.15. The van der Waals surface area contributed by atoms with Gasteiger partial charge >= 0.3 is 5.91 Å². The lowest BCUT2D eigenvalue weighted by atomic mass is 9.96. The van der Waals surface area contributed by atoms with Gasteiger partial charge < -0.3 is 4.42 Å². The Labute approximate surface area is 152 Å². The second kappa shape index (κ2) is 6.54. The molecule has 1 aromatic carbocycles. The van der Waals surface area contributed by atoms with Crippen molar-refractivity contribution >= 4 is 45.7 Å². The number of hydrogen-bond acceptors (Lipinski definition) is 4. The molecule has 128 valence electrons. The van der Waals surface area contributed by atoms with Crippen LogP contribution >= 0.6 is 22.9 Å². The number of rotatable bonds is 2. The SMILES string of the molecule is O=C(NNC(=O)c1csc2c1CCCC2)c1cc2cc(Cl)ccc2o1. The minimum absolute atomic E-state index is 0.116. The normalized spacial score (nSPS) is 13.5. The van der Waals surface area contributed by atoms with Gasteiger partial charge in [0.05, 0.1) is 5.56 Å². The van der Waals surface area contributed by atoms with Gasteiger partial charge in [-0.2, -0.15) is 0 Å². The van der Waals surface area contributed by atoms with Crippen molar-refractivity contribution in [1.82, 2.24) is 10.9 Å². The van der Waals surface area contributed by atoms with E-state index in [0.717, 1.165) is 30.2 Å². The molecule has 0 saturated carbocycles. The second-order valence-electron chi connectivity index (χ2n) is 5.96. The Morgan fingerprint density at radius 3 is 2.76 bits per heavy atom. The fourth-order valence-corrected chi connectivity index (χ4v) is 4.36. The molecule has 0 fully saturated rings. The van der Waals surface area contributed by atoms with E-state index in [4.69, 9.17) is 16.0 Å². The number of carbonyl (C=O) groups excluding carboxylic acids is 2. The molecule has 0 bridgehead atoms. The van der Waals surface area contributed by atoms with E-state index in [1.54, 1.807) is 35.6 Å². The first-order valence-electron chi connectivity index (χ1n) is 8.01. The van der Waals surface area contributed by atoms with Crippen LogP contribution in [0.5, 0.6) is 0 Å². The van der Waals surface area contributed by atoms with Crippen LogP contribution in [-0.4, -0.2) is 11.8 Å². The zero-order chi connectivity index (χ0) is 17.4. The van der Waals surface area contributed by atoms with Gasteiger partial charge in [0.2, 0.25) is 0 Å². The molecule has 2 amide bonds. The van der Waals surface area contributed by atoms with E-state index in [0.29, 0.717) is 16.2 Å². The first kappa shape index (κ1) is 16.2. The van der Waals surface area contributed by atoms with E-state index >= 15 is 0 Å². The van der Waals surface area contributed by atoms with Gasteiger partial charge in [0.25, 0.3) is 5.91 Å². The molecule has 1 aliphatic rings. The molecule has 0 atom stereocenters.